The first-order valence-electron chi connectivity index (χ1n) is 5.59. The van der Waals surface area contributed by atoms with E-state index in [0.29, 0.717) is 6.07 Å². The van der Waals surface area contributed by atoms with Gasteiger partial charge >= 0.3 is 18.1 Å². The molecule has 0 unspecified atom stereocenters. The summed E-state index contributed by atoms with van der Waals surface area (Å²) in [5.41, 5.74) is 2.98. The smallest absolute Gasteiger partial charge is 0.416 e. The fourth-order valence-electron chi connectivity index (χ4n) is 1.58. The van der Waals surface area contributed by atoms with Gasteiger partial charge in [-0.15, -0.1) is 0 Å². The highest BCUT2D eigenvalue weighted by Gasteiger charge is 2.50. The van der Waals surface area contributed by atoms with Crippen LogP contribution in [0, 0.1) is 0 Å². The van der Waals surface area contributed by atoms with E-state index in [2.05, 4.69) is 4.74 Å². The Balaban J connectivity index is 3.21. The van der Waals surface area contributed by atoms with Crippen LogP contribution in [0.15, 0.2) is 24.3 Å². The third-order valence-corrected chi connectivity index (χ3v) is 2.54. The minimum atomic E-state index is -4.85. The molecule has 0 saturated heterocycles. The number of carbonyl (C=O) groups excluding carboxylic acids is 1. The number of nitrogens with two attached hydrogens (primary N) is 1. The zero-order chi connectivity index (χ0) is 15.6. The highest BCUT2D eigenvalue weighted by atomic mass is 19.4. The summed E-state index contributed by atoms with van der Waals surface area (Å²) in [6, 6.07) is 1.16. The molecule has 0 saturated carbocycles. The van der Waals surface area contributed by atoms with E-state index >= 15 is 0 Å². The molecule has 0 aliphatic heterocycles. The zero-order valence-electron chi connectivity index (χ0n) is 10.4. The van der Waals surface area contributed by atoms with Crippen LogP contribution in [0.5, 0.6) is 0 Å². The maximum Gasteiger partial charge on any atom is 0.416 e. The van der Waals surface area contributed by atoms with E-state index in [1.807, 2.05) is 0 Å². The zero-order valence-corrected chi connectivity index (χ0v) is 10.4. The van der Waals surface area contributed by atoms with Crippen LogP contribution in [0.25, 0.3) is 0 Å². The molecule has 20 heavy (non-hydrogen) atoms. The Labute approximate surface area is 111 Å². The molecular weight excluding hydrogens is 285 g/mol. The number of alkyl halides is 5. The van der Waals surface area contributed by atoms with Gasteiger partial charge in [0.1, 0.15) is 6.04 Å². The molecule has 1 atom stereocenters. The highest BCUT2D eigenvalue weighted by Crippen LogP contribution is 2.38. The molecule has 8 heteroatoms. The second-order valence-corrected chi connectivity index (χ2v) is 3.91. The second kappa shape index (κ2) is 5.74. The molecule has 0 fully saturated rings. The summed E-state index contributed by atoms with van der Waals surface area (Å²) in [7, 11) is 0. The molecule has 0 aliphatic rings. The number of halogens is 5. The normalized spacial score (nSPS) is 13.9. The van der Waals surface area contributed by atoms with Crippen molar-refractivity contribution in [2.75, 3.05) is 6.61 Å². The Hall–Kier alpha value is -1.70. The Kier molecular flexibility index (Phi) is 4.69. The van der Waals surface area contributed by atoms with Gasteiger partial charge in [0.2, 0.25) is 0 Å². The molecule has 0 amide bonds. The molecule has 0 radical (unpaired) electrons. The first-order chi connectivity index (χ1) is 9.12. The third kappa shape index (κ3) is 3.24. The summed E-state index contributed by atoms with van der Waals surface area (Å²) in [5, 5.41) is 0. The fraction of sp³-hybridized carbons (Fsp3) is 0.417. The third-order valence-electron chi connectivity index (χ3n) is 2.54. The molecule has 0 aliphatic carbocycles. The summed E-state index contributed by atoms with van der Waals surface area (Å²) < 4.78 is 69.7. The number of hydrogen-bond acceptors (Lipinski definition) is 3. The average molecular weight is 297 g/mol. The first kappa shape index (κ1) is 16.4. The van der Waals surface area contributed by atoms with E-state index in [1.165, 1.54) is 6.92 Å². The molecular formula is C12H12F5NO2. The predicted octanol–water partition coefficient (Wildman–Crippen LogP) is 2.90. The van der Waals surface area contributed by atoms with Gasteiger partial charge in [0.15, 0.2) is 0 Å². The van der Waals surface area contributed by atoms with Crippen molar-refractivity contribution in [1.29, 1.82) is 0 Å². The van der Waals surface area contributed by atoms with Crippen LogP contribution in [0.3, 0.4) is 0 Å². The Morgan fingerprint density at radius 2 is 1.80 bits per heavy atom. The minimum Gasteiger partial charge on any atom is -0.462 e. The number of carbonyl (C=O) groups is 1. The van der Waals surface area contributed by atoms with Crippen molar-refractivity contribution in [2.45, 2.75) is 25.1 Å². The van der Waals surface area contributed by atoms with Gasteiger partial charge in [0.25, 0.3) is 0 Å². The quantitative estimate of drug-likeness (QED) is 0.687. The van der Waals surface area contributed by atoms with Gasteiger partial charge in [-0.05, 0) is 18.6 Å². The number of rotatable bonds is 4. The van der Waals surface area contributed by atoms with E-state index in [0.717, 1.165) is 18.2 Å². The second-order valence-electron chi connectivity index (χ2n) is 3.91. The van der Waals surface area contributed by atoms with Crippen molar-refractivity contribution in [2.24, 2.45) is 5.73 Å². The van der Waals surface area contributed by atoms with E-state index < -0.39 is 35.2 Å². The van der Waals surface area contributed by atoms with Crippen LogP contribution >= 0.6 is 0 Å². The maximum absolute atomic E-state index is 13.7. The van der Waals surface area contributed by atoms with Gasteiger partial charge in [-0.3, -0.25) is 0 Å². The number of benzene rings is 1. The molecule has 3 nitrogen and oxygen atoms in total. The van der Waals surface area contributed by atoms with Gasteiger partial charge < -0.3 is 10.5 Å². The van der Waals surface area contributed by atoms with Crippen molar-refractivity contribution in [3.05, 3.63) is 35.4 Å². The lowest BCUT2D eigenvalue weighted by Gasteiger charge is -2.24. The fourth-order valence-corrected chi connectivity index (χ4v) is 1.58. The lowest BCUT2D eigenvalue weighted by molar-refractivity contribution is -0.175. The van der Waals surface area contributed by atoms with Crippen LogP contribution in [0.1, 0.15) is 24.1 Å². The molecule has 2 N–H and O–H groups in total. The molecule has 112 valence electrons. The van der Waals surface area contributed by atoms with Gasteiger partial charge in [-0.25, -0.2) is 4.79 Å². The van der Waals surface area contributed by atoms with E-state index in [9.17, 15) is 26.7 Å². The van der Waals surface area contributed by atoms with Gasteiger partial charge in [-0.1, -0.05) is 18.2 Å². The summed E-state index contributed by atoms with van der Waals surface area (Å²) >= 11 is 0. The van der Waals surface area contributed by atoms with Crippen LogP contribution < -0.4 is 5.73 Å². The summed E-state index contributed by atoms with van der Waals surface area (Å²) in [6.45, 7) is 0.964. The highest BCUT2D eigenvalue weighted by molar-refractivity contribution is 5.79. The monoisotopic (exact) mass is 297 g/mol. The minimum absolute atomic E-state index is 0.331. The molecule has 0 bridgehead atoms. The summed E-state index contributed by atoms with van der Waals surface area (Å²) in [5.74, 6) is -6.21. The van der Waals surface area contributed by atoms with Crippen LogP contribution in [-0.4, -0.2) is 18.5 Å². The standard InChI is InChI=1S/C12H12F5NO2/c1-2-20-10(19)11(13,14)9(18)7-5-3-4-6-8(7)12(15,16)17/h3-6,9H,2,18H2,1H3/t9-/m0/s1. The Morgan fingerprint density at radius 3 is 2.30 bits per heavy atom. The van der Waals surface area contributed by atoms with Gasteiger partial charge in [0, 0.05) is 0 Å². The van der Waals surface area contributed by atoms with E-state index in [4.69, 9.17) is 5.73 Å². The molecule has 0 heterocycles. The van der Waals surface area contributed by atoms with E-state index in [1.54, 1.807) is 0 Å². The summed E-state index contributed by atoms with van der Waals surface area (Å²) in [4.78, 5) is 11.1. The number of ether oxygens (including phenoxy) is 1. The average Bonchev–Trinajstić information content (AvgIpc) is 2.37. The topological polar surface area (TPSA) is 52.3 Å². The van der Waals surface area contributed by atoms with Crippen LogP contribution in [0.4, 0.5) is 22.0 Å². The lowest BCUT2D eigenvalue weighted by atomic mass is 9.96. The van der Waals surface area contributed by atoms with Gasteiger partial charge in [-0.2, -0.15) is 22.0 Å². The lowest BCUT2D eigenvalue weighted by Crippen LogP contribution is -2.42. The van der Waals surface area contributed by atoms with Crippen molar-refractivity contribution in [1.82, 2.24) is 0 Å². The Bertz CT molecular complexity index is 487. The number of hydrogen-bond donors (Lipinski definition) is 1. The van der Waals surface area contributed by atoms with Crippen LogP contribution in [0.2, 0.25) is 0 Å². The molecule has 0 aromatic heterocycles. The van der Waals surface area contributed by atoms with E-state index in [-0.39, 0.29) is 6.61 Å². The largest absolute Gasteiger partial charge is 0.462 e. The molecule has 0 spiro atoms. The molecule has 1 rings (SSSR count). The van der Waals surface area contributed by atoms with Crippen molar-refractivity contribution >= 4 is 5.97 Å². The summed E-state index contributed by atoms with van der Waals surface area (Å²) in [6.07, 6.45) is -4.85. The van der Waals surface area contributed by atoms with Gasteiger partial charge in [0.05, 0.1) is 12.2 Å². The maximum atomic E-state index is 13.7. The Morgan fingerprint density at radius 1 is 1.25 bits per heavy atom. The SMILES string of the molecule is CCOC(=O)C(F)(F)[C@@H](N)c1ccccc1C(F)(F)F. The molecule has 1 aromatic carbocycles. The predicted molar refractivity (Wildman–Crippen MR) is 60.0 cm³/mol. The van der Waals surface area contributed by atoms with Crippen molar-refractivity contribution in [3.8, 4) is 0 Å². The van der Waals surface area contributed by atoms with Crippen LogP contribution in [-0.2, 0) is 15.7 Å². The molecule has 1 aromatic rings. The number of esters is 1. The van der Waals surface area contributed by atoms with Crippen molar-refractivity contribution in [3.63, 3.8) is 0 Å². The first-order valence-corrected chi connectivity index (χ1v) is 5.59. The van der Waals surface area contributed by atoms with Crippen molar-refractivity contribution < 1.29 is 31.5 Å².